The molecule has 4 rings (SSSR count). The minimum absolute atomic E-state index is 0.258. The molecule has 2 aliphatic carbocycles. The Balaban J connectivity index is 1.81. The molecule has 0 spiro atoms. The molecule has 3 atom stereocenters. The third-order valence-electron chi connectivity index (χ3n) is 6.84. The van der Waals surface area contributed by atoms with Crippen LogP contribution in [0.2, 0.25) is 0 Å². The summed E-state index contributed by atoms with van der Waals surface area (Å²) >= 11 is 0. The van der Waals surface area contributed by atoms with Crippen LogP contribution in [0.1, 0.15) is 89.7 Å². The van der Waals surface area contributed by atoms with Gasteiger partial charge in [0, 0.05) is 0 Å². The van der Waals surface area contributed by atoms with E-state index in [1.165, 1.54) is 48.8 Å². The smallest absolute Gasteiger partial charge is 0.132 e. The van der Waals surface area contributed by atoms with Gasteiger partial charge in [-0.3, -0.25) is 0 Å². The van der Waals surface area contributed by atoms with Crippen LogP contribution in [-0.4, -0.2) is 10.7 Å². The highest BCUT2D eigenvalue weighted by molar-refractivity contribution is 5.81. The monoisotopic (exact) mass is 340 g/mol. The maximum absolute atomic E-state index is 10.9. The molecule has 1 aromatic carbocycles. The number of benzene rings is 1. The van der Waals surface area contributed by atoms with Crippen LogP contribution in [0.3, 0.4) is 0 Å². The van der Waals surface area contributed by atoms with Crippen molar-refractivity contribution in [2.75, 3.05) is 0 Å². The van der Waals surface area contributed by atoms with E-state index in [0.29, 0.717) is 23.5 Å². The molecule has 2 nitrogen and oxygen atoms in total. The molecule has 1 fully saturated rings. The van der Waals surface area contributed by atoms with Crippen molar-refractivity contribution in [3.8, 4) is 11.5 Å². The second kappa shape index (κ2) is 6.07. The first-order chi connectivity index (χ1) is 11.9. The maximum Gasteiger partial charge on any atom is 0.132 e. The standard InChI is InChI=1S/C23H32O2/c1-14-9-10-19-18(11-14)22-20(24)12-16(13-21(22)25-23(19,3)4)17-8-6-5-7-15(17)2/h12-15,17,24H,5-11H2,1-4H3. The van der Waals surface area contributed by atoms with Crippen LogP contribution < -0.4 is 4.74 Å². The highest BCUT2D eigenvalue weighted by atomic mass is 16.5. The predicted octanol–water partition coefficient (Wildman–Crippen LogP) is 6.43. The molecule has 3 aliphatic rings. The summed E-state index contributed by atoms with van der Waals surface area (Å²) in [7, 11) is 0. The number of fused-ring (bicyclic) bond motifs is 2. The van der Waals surface area contributed by atoms with E-state index < -0.39 is 0 Å². The van der Waals surface area contributed by atoms with Crippen LogP contribution in [-0.2, 0) is 0 Å². The fourth-order valence-corrected chi connectivity index (χ4v) is 5.40. The molecular weight excluding hydrogens is 308 g/mol. The Bertz CT molecular complexity index is 713. The largest absolute Gasteiger partial charge is 0.507 e. The second-order valence-electron chi connectivity index (χ2n) is 9.20. The molecule has 0 bridgehead atoms. The summed E-state index contributed by atoms with van der Waals surface area (Å²) in [5, 5.41) is 10.9. The summed E-state index contributed by atoms with van der Waals surface area (Å²) < 4.78 is 6.45. The molecule has 0 aromatic heterocycles. The molecule has 1 heterocycles. The van der Waals surface area contributed by atoms with E-state index in [4.69, 9.17) is 4.74 Å². The summed E-state index contributed by atoms with van der Waals surface area (Å²) in [6.45, 7) is 9.05. The zero-order valence-electron chi connectivity index (χ0n) is 16.2. The van der Waals surface area contributed by atoms with E-state index in [9.17, 15) is 5.11 Å². The number of phenols is 1. The zero-order valence-corrected chi connectivity index (χ0v) is 16.2. The van der Waals surface area contributed by atoms with Crippen molar-refractivity contribution in [2.45, 2.75) is 84.2 Å². The number of aromatic hydroxyl groups is 1. The normalized spacial score (nSPS) is 31.1. The molecule has 1 aliphatic heterocycles. The average Bonchev–Trinajstić information content (AvgIpc) is 2.53. The lowest BCUT2D eigenvalue weighted by Gasteiger charge is -2.41. The summed E-state index contributed by atoms with van der Waals surface area (Å²) in [4.78, 5) is 0. The Labute approximate surface area is 152 Å². The number of allylic oxidation sites excluding steroid dienone is 1. The fourth-order valence-electron chi connectivity index (χ4n) is 5.40. The lowest BCUT2D eigenvalue weighted by molar-refractivity contribution is 0.134. The first-order valence-corrected chi connectivity index (χ1v) is 10.2. The van der Waals surface area contributed by atoms with Gasteiger partial charge in [0.05, 0.1) is 5.56 Å². The average molecular weight is 341 g/mol. The Hall–Kier alpha value is -1.44. The minimum atomic E-state index is -0.258. The Morgan fingerprint density at radius 1 is 1.08 bits per heavy atom. The third-order valence-corrected chi connectivity index (χ3v) is 6.84. The van der Waals surface area contributed by atoms with Crippen LogP contribution in [0.25, 0.3) is 5.57 Å². The van der Waals surface area contributed by atoms with E-state index in [1.54, 1.807) is 0 Å². The highest BCUT2D eigenvalue weighted by Gasteiger charge is 2.39. The predicted molar refractivity (Wildman–Crippen MR) is 103 cm³/mol. The van der Waals surface area contributed by atoms with Gasteiger partial charge in [0.2, 0.25) is 0 Å². The first kappa shape index (κ1) is 17.0. The van der Waals surface area contributed by atoms with Gasteiger partial charge in [-0.25, -0.2) is 0 Å². The van der Waals surface area contributed by atoms with Crippen molar-refractivity contribution in [3.05, 3.63) is 28.8 Å². The molecule has 1 aromatic rings. The van der Waals surface area contributed by atoms with Crippen molar-refractivity contribution < 1.29 is 9.84 Å². The van der Waals surface area contributed by atoms with Crippen LogP contribution >= 0.6 is 0 Å². The van der Waals surface area contributed by atoms with Crippen molar-refractivity contribution in [1.29, 1.82) is 0 Å². The summed E-state index contributed by atoms with van der Waals surface area (Å²) in [5.74, 6) is 3.26. The molecular formula is C23H32O2. The minimum Gasteiger partial charge on any atom is -0.507 e. The van der Waals surface area contributed by atoms with E-state index in [2.05, 4.69) is 33.8 Å². The van der Waals surface area contributed by atoms with E-state index in [0.717, 1.165) is 24.2 Å². The highest BCUT2D eigenvalue weighted by Crippen LogP contribution is 2.52. The molecule has 1 N–H and O–H groups in total. The van der Waals surface area contributed by atoms with Gasteiger partial charge in [0.1, 0.15) is 17.1 Å². The topological polar surface area (TPSA) is 29.5 Å². The molecule has 0 amide bonds. The Morgan fingerprint density at radius 2 is 1.84 bits per heavy atom. The van der Waals surface area contributed by atoms with Gasteiger partial charge in [0.25, 0.3) is 0 Å². The van der Waals surface area contributed by atoms with Gasteiger partial charge >= 0.3 is 0 Å². The number of hydrogen-bond donors (Lipinski definition) is 1. The lowest BCUT2D eigenvalue weighted by atomic mass is 9.73. The van der Waals surface area contributed by atoms with Crippen molar-refractivity contribution in [1.82, 2.24) is 0 Å². The third kappa shape index (κ3) is 2.88. The summed E-state index contributed by atoms with van der Waals surface area (Å²) in [5.41, 5.74) is 4.74. The number of hydrogen-bond acceptors (Lipinski definition) is 2. The molecule has 136 valence electrons. The lowest BCUT2D eigenvalue weighted by Crippen LogP contribution is -2.36. The number of ether oxygens (including phenoxy) is 1. The van der Waals surface area contributed by atoms with Gasteiger partial charge in [-0.05, 0) is 86.1 Å². The first-order valence-electron chi connectivity index (χ1n) is 10.2. The second-order valence-corrected chi connectivity index (χ2v) is 9.20. The molecule has 0 saturated heterocycles. The van der Waals surface area contributed by atoms with Crippen LogP contribution in [0.4, 0.5) is 0 Å². The van der Waals surface area contributed by atoms with Gasteiger partial charge in [0.15, 0.2) is 0 Å². The SMILES string of the molecule is CC1CCC2=C(C1)c1c(O)cc(C3CCCCC3C)cc1OC2(C)C. The van der Waals surface area contributed by atoms with Gasteiger partial charge in [-0.15, -0.1) is 0 Å². The maximum atomic E-state index is 10.9. The number of rotatable bonds is 1. The molecule has 0 radical (unpaired) electrons. The number of phenolic OH excluding ortho intramolecular Hbond substituents is 1. The molecule has 1 saturated carbocycles. The van der Waals surface area contributed by atoms with E-state index >= 15 is 0 Å². The molecule has 25 heavy (non-hydrogen) atoms. The van der Waals surface area contributed by atoms with E-state index in [1.807, 2.05) is 6.07 Å². The van der Waals surface area contributed by atoms with Crippen LogP contribution in [0.15, 0.2) is 17.7 Å². The quantitative estimate of drug-likeness (QED) is 0.638. The van der Waals surface area contributed by atoms with Crippen LogP contribution in [0.5, 0.6) is 11.5 Å². The van der Waals surface area contributed by atoms with Crippen molar-refractivity contribution >= 4 is 5.57 Å². The van der Waals surface area contributed by atoms with Crippen LogP contribution in [0, 0.1) is 11.8 Å². The van der Waals surface area contributed by atoms with Gasteiger partial charge < -0.3 is 9.84 Å². The Kier molecular flexibility index (Phi) is 4.13. The zero-order chi connectivity index (χ0) is 17.8. The van der Waals surface area contributed by atoms with Gasteiger partial charge in [-0.1, -0.05) is 33.1 Å². The fraction of sp³-hybridized carbons (Fsp3) is 0.652. The van der Waals surface area contributed by atoms with Gasteiger partial charge in [-0.2, -0.15) is 0 Å². The summed E-state index contributed by atoms with van der Waals surface area (Å²) in [6, 6.07) is 4.28. The Morgan fingerprint density at radius 3 is 2.60 bits per heavy atom. The van der Waals surface area contributed by atoms with E-state index in [-0.39, 0.29) is 5.60 Å². The van der Waals surface area contributed by atoms with Crippen molar-refractivity contribution in [3.63, 3.8) is 0 Å². The van der Waals surface area contributed by atoms with Crippen molar-refractivity contribution in [2.24, 2.45) is 11.8 Å². The molecule has 3 unspecified atom stereocenters. The molecule has 2 heteroatoms. The summed E-state index contributed by atoms with van der Waals surface area (Å²) in [6.07, 6.45) is 8.53.